The van der Waals surface area contributed by atoms with Gasteiger partial charge >= 0.3 is 17.9 Å². The lowest BCUT2D eigenvalue weighted by Gasteiger charge is -2.32. The monoisotopic (exact) mass is 611 g/mol. The number of carbonyl (C=O) groups is 6. The molecular weight excluding hydrogens is 570 g/mol. The molecule has 6 N–H and O–H groups in total. The lowest BCUT2D eigenvalue weighted by atomic mass is 9.88. The summed E-state index contributed by atoms with van der Waals surface area (Å²) in [6.45, 7) is 0.0646. The van der Waals surface area contributed by atoms with Gasteiger partial charge in [-0.05, 0) is 6.42 Å². The fraction of sp³-hybridized carbons (Fsp3) is 0.750. The van der Waals surface area contributed by atoms with Crippen LogP contribution in [0.4, 0.5) is 0 Å². The van der Waals surface area contributed by atoms with Gasteiger partial charge in [0, 0.05) is 5.41 Å². The van der Waals surface area contributed by atoms with Crippen molar-refractivity contribution in [3.63, 3.8) is 0 Å². The van der Waals surface area contributed by atoms with Crippen molar-refractivity contribution in [1.29, 1.82) is 0 Å². The van der Waals surface area contributed by atoms with Crippen molar-refractivity contribution in [2.75, 3.05) is 59.3 Å². The van der Waals surface area contributed by atoms with Crippen LogP contribution in [0.5, 0.6) is 0 Å². The number of nitrogens with zero attached hydrogens (tertiary/aromatic N) is 3. The third kappa shape index (κ3) is 18.1. The maximum atomic E-state index is 12.0. The molecule has 0 atom stereocenters. The first-order valence-corrected chi connectivity index (χ1v) is 13.1. The molecule has 242 valence electrons. The number of hydroxylamine groups is 6. The van der Waals surface area contributed by atoms with Gasteiger partial charge in [-0.25, -0.2) is 15.2 Å². The van der Waals surface area contributed by atoms with Crippen molar-refractivity contribution < 1.29 is 73.9 Å². The second-order valence-electron chi connectivity index (χ2n) is 9.24. The largest absolute Gasteiger partial charge is 0.481 e. The number of hydrogen-bond acceptors (Lipinski definition) is 12. The van der Waals surface area contributed by atoms with E-state index in [2.05, 4.69) is 0 Å². The summed E-state index contributed by atoms with van der Waals surface area (Å²) in [7, 11) is 0. The quantitative estimate of drug-likeness (QED) is 0.0439. The van der Waals surface area contributed by atoms with Crippen molar-refractivity contribution in [1.82, 2.24) is 15.2 Å². The predicted molar refractivity (Wildman–Crippen MR) is 136 cm³/mol. The van der Waals surface area contributed by atoms with E-state index in [9.17, 15) is 44.4 Å². The van der Waals surface area contributed by atoms with Gasteiger partial charge in [0.25, 0.3) is 0 Å². The zero-order chi connectivity index (χ0) is 32.1. The topological polar surface area (TPSA) is 261 Å². The Morgan fingerprint density at radius 1 is 0.524 bits per heavy atom. The van der Waals surface area contributed by atoms with Crippen molar-refractivity contribution >= 4 is 35.6 Å². The van der Waals surface area contributed by atoms with Gasteiger partial charge in [-0.3, -0.25) is 44.4 Å². The molecule has 0 saturated heterocycles. The van der Waals surface area contributed by atoms with E-state index >= 15 is 0 Å². The van der Waals surface area contributed by atoms with Crippen molar-refractivity contribution in [3.8, 4) is 0 Å². The summed E-state index contributed by atoms with van der Waals surface area (Å²) in [6.07, 6.45) is -1.71. The maximum absolute atomic E-state index is 12.0. The maximum Gasteiger partial charge on any atom is 0.305 e. The number of hydrogen-bond donors (Lipinski definition) is 6. The Kier molecular flexibility index (Phi) is 19.6. The molecule has 0 aromatic carbocycles. The summed E-state index contributed by atoms with van der Waals surface area (Å²) in [6, 6.07) is 0. The summed E-state index contributed by atoms with van der Waals surface area (Å²) in [5, 5.41) is 55.6. The van der Waals surface area contributed by atoms with Crippen LogP contribution < -0.4 is 0 Å². The van der Waals surface area contributed by atoms with Crippen LogP contribution in [0.1, 0.15) is 51.9 Å². The smallest absolute Gasteiger partial charge is 0.305 e. The van der Waals surface area contributed by atoms with Gasteiger partial charge in [0.15, 0.2) is 0 Å². The van der Waals surface area contributed by atoms with E-state index in [1.54, 1.807) is 6.92 Å². The molecule has 0 saturated carbocycles. The Balaban J connectivity index is 4.97. The molecule has 0 fully saturated rings. The molecule has 0 aromatic heterocycles. The molecular formula is C24H41N3O15. The number of carboxylic acid groups (broad SMARTS) is 3. The van der Waals surface area contributed by atoms with Crippen LogP contribution in [0.15, 0.2) is 0 Å². The molecule has 0 rings (SSSR count). The van der Waals surface area contributed by atoms with Crippen LogP contribution in [-0.4, -0.2) is 141 Å². The minimum atomic E-state index is -1.19. The van der Waals surface area contributed by atoms with E-state index in [1.807, 2.05) is 0 Å². The van der Waals surface area contributed by atoms with Crippen LogP contribution in [0.3, 0.4) is 0 Å². The lowest BCUT2D eigenvalue weighted by Crippen LogP contribution is -2.38. The second kappa shape index (κ2) is 21.3. The third-order valence-electron chi connectivity index (χ3n) is 5.83. The Labute approximate surface area is 241 Å². The van der Waals surface area contributed by atoms with Gasteiger partial charge in [0.2, 0.25) is 17.7 Å². The predicted octanol–water partition coefficient (Wildman–Crippen LogP) is -0.320. The zero-order valence-electron chi connectivity index (χ0n) is 23.5. The Hall–Kier alpha value is -3.42. The van der Waals surface area contributed by atoms with Crippen LogP contribution in [0.2, 0.25) is 0 Å². The average Bonchev–Trinajstić information content (AvgIpc) is 2.94. The van der Waals surface area contributed by atoms with Crippen LogP contribution in [0.25, 0.3) is 0 Å². The minimum absolute atomic E-state index is 0.0330. The van der Waals surface area contributed by atoms with E-state index in [4.69, 9.17) is 29.5 Å². The fourth-order valence-corrected chi connectivity index (χ4v) is 3.14. The van der Waals surface area contributed by atoms with Gasteiger partial charge in [-0.15, -0.1) is 0 Å². The normalized spacial score (nSPS) is 11.1. The van der Waals surface area contributed by atoms with Crippen LogP contribution >= 0.6 is 0 Å². The molecule has 42 heavy (non-hydrogen) atoms. The highest BCUT2D eigenvalue weighted by atomic mass is 16.5. The average molecular weight is 612 g/mol. The summed E-state index contributed by atoms with van der Waals surface area (Å²) in [5.41, 5.74) is -0.859. The second-order valence-corrected chi connectivity index (χ2v) is 9.24. The number of amides is 3. The van der Waals surface area contributed by atoms with E-state index in [1.165, 1.54) is 0 Å². The van der Waals surface area contributed by atoms with E-state index < -0.39 is 79.9 Å². The number of aliphatic carboxylic acids is 3. The molecule has 0 aliphatic carbocycles. The molecule has 3 amide bonds. The molecule has 18 nitrogen and oxygen atoms in total. The van der Waals surface area contributed by atoms with Crippen LogP contribution in [0, 0.1) is 5.41 Å². The van der Waals surface area contributed by atoms with Gasteiger partial charge in [-0.2, -0.15) is 0 Å². The highest BCUT2D eigenvalue weighted by Gasteiger charge is 2.30. The zero-order valence-corrected chi connectivity index (χ0v) is 23.5. The number of carbonyl (C=O) groups excluding carboxylic acids is 3. The molecule has 0 aliphatic heterocycles. The van der Waals surface area contributed by atoms with Gasteiger partial charge in [0.05, 0.1) is 97.8 Å². The summed E-state index contributed by atoms with van der Waals surface area (Å²) >= 11 is 0. The molecule has 0 heterocycles. The SMILES string of the molecule is CCC(COCCC(=O)N(O)CCC(=O)O)(COCCC(=O)N(O)CCC(=O)O)COCCC(=O)N(O)CCC(=O)O. The van der Waals surface area contributed by atoms with E-state index in [0.717, 1.165) is 0 Å². The molecule has 0 aromatic rings. The molecule has 0 radical (unpaired) electrons. The Bertz CT molecular complexity index is 778. The Morgan fingerprint density at radius 3 is 1.00 bits per heavy atom. The van der Waals surface area contributed by atoms with Gasteiger partial charge in [0.1, 0.15) is 0 Å². The fourth-order valence-electron chi connectivity index (χ4n) is 3.14. The summed E-state index contributed by atoms with van der Waals surface area (Å²) in [4.78, 5) is 67.6. The molecule has 0 spiro atoms. The highest BCUT2D eigenvalue weighted by Crippen LogP contribution is 2.24. The van der Waals surface area contributed by atoms with Crippen molar-refractivity contribution in [3.05, 3.63) is 0 Å². The minimum Gasteiger partial charge on any atom is -0.481 e. The molecule has 0 unspecified atom stereocenters. The van der Waals surface area contributed by atoms with Gasteiger partial charge in [-0.1, -0.05) is 6.92 Å². The standard InChI is InChI=1S/C24H41N3O15/c1-2-24(15-40-12-6-18(28)25(37)9-3-21(31)32,16-41-13-7-19(29)26(38)10-4-22(33)34)17-42-14-8-20(30)27(39)11-5-23(35)36/h37-39H,2-17H2,1H3,(H,31,32)(H,33,34)(H,35,36). The number of rotatable bonds is 25. The Morgan fingerprint density at radius 2 is 0.786 bits per heavy atom. The van der Waals surface area contributed by atoms with Crippen LogP contribution in [-0.2, 0) is 43.0 Å². The molecule has 18 heteroatoms. The number of carboxylic acids is 3. The first kappa shape index (κ1) is 38.6. The summed E-state index contributed by atoms with van der Waals surface area (Å²) in [5.74, 6) is -5.82. The molecule has 0 bridgehead atoms. The molecule has 0 aliphatic rings. The number of ether oxygens (including phenoxy) is 3. The summed E-state index contributed by atoms with van der Waals surface area (Å²) < 4.78 is 16.8. The van der Waals surface area contributed by atoms with E-state index in [-0.39, 0.29) is 74.1 Å². The van der Waals surface area contributed by atoms with Crippen molar-refractivity contribution in [2.24, 2.45) is 5.41 Å². The van der Waals surface area contributed by atoms with Crippen molar-refractivity contribution in [2.45, 2.75) is 51.9 Å². The van der Waals surface area contributed by atoms with Gasteiger partial charge < -0.3 is 29.5 Å². The first-order chi connectivity index (χ1) is 19.7. The first-order valence-electron chi connectivity index (χ1n) is 13.1. The lowest BCUT2D eigenvalue weighted by molar-refractivity contribution is -0.168. The highest BCUT2D eigenvalue weighted by molar-refractivity contribution is 5.77. The third-order valence-corrected chi connectivity index (χ3v) is 5.83. The van der Waals surface area contributed by atoms with E-state index in [0.29, 0.717) is 6.42 Å².